The number of carbonyl (C=O) groups excluding carboxylic acids is 3. The maximum absolute atomic E-state index is 12.2. The van der Waals surface area contributed by atoms with Crippen LogP contribution >= 0.6 is 0 Å². The molecule has 0 saturated heterocycles. The van der Waals surface area contributed by atoms with Gasteiger partial charge in [-0.3, -0.25) is 19.6 Å². The number of benzene rings is 2. The van der Waals surface area contributed by atoms with Crippen LogP contribution in [0.3, 0.4) is 0 Å². The zero-order valence-electron chi connectivity index (χ0n) is 16.3. The van der Waals surface area contributed by atoms with Crippen LogP contribution in [0.15, 0.2) is 48.5 Å². The van der Waals surface area contributed by atoms with E-state index in [-0.39, 0.29) is 19.9 Å². The monoisotopic (exact) mass is 425 g/mol. The normalized spacial score (nSPS) is 11.6. The first kappa shape index (κ1) is 25.3. The number of rotatable bonds is 6. The van der Waals surface area contributed by atoms with E-state index in [0.717, 1.165) is 5.56 Å². The first-order valence-electron chi connectivity index (χ1n) is 9.07. The fraction of sp³-hybridized carbons (Fsp3) is 0.227. The molecule has 0 spiro atoms. The first-order chi connectivity index (χ1) is 14.3. The lowest BCUT2D eigenvalue weighted by molar-refractivity contribution is -0.130. The second kappa shape index (κ2) is 12.1. The lowest BCUT2D eigenvalue weighted by Crippen LogP contribution is -2.50. The predicted molar refractivity (Wildman–Crippen MR) is 118 cm³/mol. The van der Waals surface area contributed by atoms with Crippen molar-refractivity contribution in [1.82, 2.24) is 10.8 Å². The molecule has 31 heavy (non-hydrogen) atoms. The molecule has 0 bridgehead atoms. The minimum absolute atomic E-state index is 0. The first-order valence-corrected chi connectivity index (χ1v) is 9.07. The molecule has 0 saturated carbocycles. The Morgan fingerprint density at radius 3 is 1.94 bits per heavy atom. The molecular weight excluding hydrogens is 398 g/mol. The lowest BCUT2D eigenvalue weighted by Gasteiger charge is -2.14. The van der Waals surface area contributed by atoms with Gasteiger partial charge < -0.3 is 22.1 Å². The maximum Gasteiger partial charge on any atom is 0.267 e. The third-order valence-corrected chi connectivity index (χ3v) is 4.03. The maximum atomic E-state index is 12.2. The van der Waals surface area contributed by atoms with Crippen LogP contribution < -0.4 is 27.6 Å². The molecule has 9 nitrogen and oxygen atoms in total. The Morgan fingerprint density at radius 2 is 1.48 bits per heavy atom. The van der Waals surface area contributed by atoms with Crippen molar-refractivity contribution in [3.8, 4) is 11.8 Å². The van der Waals surface area contributed by atoms with E-state index < -0.39 is 23.9 Å². The summed E-state index contributed by atoms with van der Waals surface area (Å²) in [5, 5.41) is 13.8. The topological polar surface area (TPSA) is 160 Å². The Balaban J connectivity index is 0.00000480. The highest BCUT2D eigenvalue weighted by Crippen LogP contribution is 2.10. The number of amides is 3. The second-order valence-electron chi connectivity index (χ2n) is 6.42. The highest BCUT2D eigenvalue weighted by atomic mass is 16.5. The van der Waals surface area contributed by atoms with Gasteiger partial charge in [0.1, 0.15) is 6.04 Å². The minimum atomic E-state index is -1.04. The largest absolute Gasteiger partial charge is 0.339 e. The SMILES string of the molecule is C.C[C@H](N)C(=O)Nc1ccc(C#Cc2ccc(C(=O)N[C@@H](CN)C(=O)NO)cc2)cc1. The molecule has 0 unspecified atom stereocenters. The van der Waals surface area contributed by atoms with Crippen molar-refractivity contribution in [2.45, 2.75) is 26.4 Å². The Hall–Kier alpha value is -3.71. The van der Waals surface area contributed by atoms with Crippen LogP contribution in [0, 0.1) is 11.8 Å². The van der Waals surface area contributed by atoms with E-state index in [4.69, 9.17) is 16.7 Å². The van der Waals surface area contributed by atoms with Gasteiger partial charge in [-0.2, -0.15) is 0 Å². The van der Waals surface area contributed by atoms with Crippen molar-refractivity contribution < 1.29 is 19.6 Å². The van der Waals surface area contributed by atoms with Gasteiger partial charge >= 0.3 is 0 Å². The number of carbonyl (C=O) groups is 3. The molecule has 0 aromatic heterocycles. The van der Waals surface area contributed by atoms with E-state index in [2.05, 4.69) is 22.5 Å². The van der Waals surface area contributed by atoms with Crippen LogP contribution in [-0.2, 0) is 9.59 Å². The van der Waals surface area contributed by atoms with Crippen molar-refractivity contribution in [3.05, 3.63) is 65.2 Å². The van der Waals surface area contributed by atoms with Crippen LogP contribution in [0.25, 0.3) is 0 Å². The Bertz CT molecular complexity index is 960. The summed E-state index contributed by atoms with van der Waals surface area (Å²) in [6, 6.07) is 11.8. The molecule has 0 aliphatic heterocycles. The molecule has 2 aromatic carbocycles. The summed E-state index contributed by atoms with van der Waals surface area (Å²) in [6.45, 7) is 1.45. The summed E-state index contributed by atoms with van der Waals surface area (Å²) in [7, 11) is 0. The summed E-state index contributed by atoms with van der Waals surface area (Å²) in [4.78, 5) is 35.1. The van der Waals surface area contributed by atoms with Gasteiger partial charge in [0.15, 0.2) is 0 Å². The quantitative estimate of drug-likeness (QED) is 0.225. The predicted octanol–water partition coefficient (Wildman–Crippen LogP) is 0.571. The van der Waals surface area contributed by atoms with Crippen LogP contribution in [-0.4, -0.2) is 41.6 Å². The van der Waals surface area contributed by atoms with Gasteiger partial charge in [0.25, 0.3) is 11.8 Å². The summed E-state index contributed by atoms with van der Waals surface area (Å²) in [6.07, 6.45) is 0. The van der Waals surface area contributed by atoms with Crippen molar-refractivity contribution >= 4 is 23.4 Å². The molecule has 164 valence electrons. The highest BCUT2D eigenvalue weighted by Gasteiger charge is 2.19. The third kappa shape index (κ3) is 7.56. The van der Waals surface area contributed by atoms with Gasteiger partial charge in [0, 0.05) is 28.9 Å². The van der Waals surface area contributed by atoms with Gasteiger partial charge in [0.05, 0.1) is 6.04 Å². The second-order valence-corrected chi connectivity index (χ2v) is 6.42. The van der Waals surface area contributed by atoms with E-state index in [1.165, 1.54) is 5.48 Å². The molecule has 9 heteroatoms. The van der Waals surface area contributed by atoms with Crippen molar-refractivity contribution in [1.29, 1.82) is 0 Å². The van der Waals surface area contributed by atoms with Gasteiger partial charge in [-0.15, -0.1) is 0 Å². The van der Waals surface area contributed by atoms with Crippen LogP contribution in [0.2, 0.25) is 0 Å². The van der Waals surface area contributed by atoms with Crippen LogP contribution in [0.5, 0.6) is 0 Å². The fourth-order valence-electron chi connectivity index (χ4n) is 2.29. The van der Waals surface area contributed by atoms with Gasteiger partial charge in [-0.25, -0.2) is 5.48 Å². The van der Waals surface area contributed by atoms with E-state index in [0.29, 0.717) is 16.8 Å². The third-order valence-electron chi connectivity index (χ3n) is 4.03. The zero-order valence-corrected chi connectivity index (χ0v) is 16.3. The van der Waals surface area contributed by atoms with Crippen molar-refractivity contribution in [2.24, 2.45) is 11.5 Å². The van der Waals surface area contributed by atoms with Gasteiger partial charge in [-0.1, -0.05) is 19.3 Å². The van der Waals surface area contributed by atoms with E-state index in [1.54, 1.807) is 55.5 Å². The number of nitrogens with two attached hydrogens (primary N) is 2. The molecule has 0 fully saturated rings. The van der Waals surface area contributed by atoms with Crippen LogP contribution in [0.1, 0.15) is 35.8 Å². The molecule has 0 radical (unpaired) electrons. The van der Waals surface area contributed by atoms with Crippen LogP contribution in [0.4, 0.5) is 5.69 Å². The Morgan fingerprint density at radius 1 is 0.968 bits per heavy atom. The Labute approximate surface area is 181 Å². The smallest absolute Gasteiger partial charge is 0.267 e. The van der Waals surface area contributed by atoms with Crippen molar-refractivity contribution in [3.63, 3.8) is 0 Å². The molecule has 3 amide bonds. The fourth-order valence-corrected chi connectivity index (χ4v) is 2.29. The summed E-state index contributed by atoms with van der Waals surface area (Å²) in [5.41, 5.74) is 14.8. The lowest BCUT2D eigenvalue weighted by atomic mass is 10.1. The summed E-state index contributed by atoms with van der Waals surface area (Å²) in [5.74, 6) is 4.40. The molecule has 2 aromatic rings. The van der Waals surface area contributed by atoms with E-state index >= 15 is 0 Å². The molecule has 2 rings (SSSR count). The number of anilines is 1. The average Bonchev–Trinajstić information content (AvgIpc) is 2.76. The van der Waals surface area contributed by atoms with E-state index in [1.807, 2.05) is 0 Å². The average molecular weight is 425 g/mol. The molecule has 0 aliphatic carbocycles. The van der Waals surface area contributed by atoms with Gasteiger partial charge in [-0.05, 0) is 55.5 Å². The molecular formula is C22H27N5O4. The zero-order chi connectivity index (χ0) is 22.1. The van der Waals surface area contributed by atoms with E-state index in [9.17, 15) is 14.4 Å². The summed E-state index contributed by atoms with van der Waals surface area (Å²) >= 11 is 0. The molecule has 0 aliphatic rings. The Kier molecular flexibility index (Phi) is 9.88. The summed E-state index contributed by atoms with van der Waals surface area (Å²) < 4.78 is 0. The highest BCUT2D eigenvalue weighted by molar-refractivity contribution is 5.97. The number of hydrogen-bond acceptors (Lipinski definition) is 6. The molecule has 0 heterocycles. The van der Waals surface area contributed by atoms with Crippen molar-refractivity contribution in [2.75, 3.05) is 11.9 Å². The molecule has 2 atom stereocenters. The number of nitrogens with one attached hydrogen (secondary N) is 3. The number of hydroxylamine groups is 1. The standard InChI is InChI=1S/C21H23N5O4.CH4/c1-13(23)19(27)24-17-10-6-15(7-11-17)3-2-14-4-8-16(9-5-14)20(28)25-18(12-22)21(29)26-30;/h4-11,13,18,30H,12,22-23H2,1H3,(H,24,27)(H,25,28)(H,26,29);1H4/t13-,18-;/m0./s1. The van der Waals surface area contributed by atoms with Gasteiger partial charge in [0.2, 0.25) is 5.91 Å². The number of hydrogen-bond donors (Lipinski definition) is 6. The minimum Gasteiger partial charge on any atom is -0.339 e. The molecule has 8 N–H and O–H groups in total.